The number of aliphatic hydroxyl groups excluding tert-OH is 1. The summed E-state index contributed by atoms with van der Waals surface area (Å²) in [5, 5.41) is 22.2. The van der Waals surface area contributed by atoms with E-state index in [-0.39, 0.29) is 36.8 Å². The number of nitrogens with two attached hydrogens (primary N) is 1. The molecule has 29 heavy (non-hydrogen) atoms. The van der Waals surface area contributed by atoms with Gasteiger partial charge in [-0.2, -0.15) is 13.2 Å². The normalized spacial score (nSPS) is 12.4. The SMILES string of the molecule is NC(=O)c1cc(OCCNCC(O)COc2ccccc2C(F)(F)F)ccc1O. The molecule has 0 saturated carbocycles. The van der Waals surface area contributed by atoms with Crippen LogP contribution in [-0.4, -0.2) is 48.5 Å². The van der Waals surface area contributed by atoms with Crippen LogP contribution in [0.15, 0.2) is 42.5 Å². The second-order valence-electron chi connectivity index (χ2n) is 6.05. The van der Waals surface area contributed by atoms with E-state index in [0.717, 1.165) is 6.07 Å². The Morgan fingerprint density at radius 3 is 2.59 bits per heavy atom. The first-order valence-electron chi connectivity index (χ1n) is 8.62. The molecule has 0 saturated heterocycles. The van der Waals surface area contributed by atoms with E-state index < -0.39 is 23.8 Å². The molecule has 0 bridgehead atoms. The second kappa shape index (κ2) is 9.99. The summed E-state index contributed by atoms with van der Waals surface area (Å²) in [5.74, 6) is -1.06. The van der Waals surface area contributed by atoms with Crippen LogP contribution < -0.4 is 20.5 Å². The van der Waals surface area contributed by atoms with E-state index in [2.05, 4.69) is 5.32 Å². The number of benzene rings is 2. The van der Waals surface area contributed by atoms with Gasteiger partial charge in [-0.1, -0.05) is 12.1 Å². The third-order valence-corrected chi connectivity index (χ3v) is 3.78. The number of halogens is 3. The molecule has 2 aromatic carbocycles. The highest BCUT2D eigenvalue weighted by atomic mass is 19.4. The number of rotatable bonds is 10. The van der Waals surface area contributed by atoms with Crippen LogP contribution in [0.25, 0.3) is 0 Å². The zero-order valence-electron chi connectivity index (χ0n) is 15.3. The summed E-state index contributed by atoms with van der Waals surface area (Å²) in [6, 6.07) is 8.82. The molecular formula is C19H21F3N2O5. The average Bonchev–Trinajstić information content (AvgIpc) is 2.66. The molecule has 0 fully saturated rings. The van der Waals surface area contributed by atoms with Gasteiger partial charge >= 0.3 is 6.18 Å². The van der Waals surface area contributed by atoms with E-state index in [0.29, 0.717) is 12.3 Å². The van der Waals surface area contributed by atoms with Crippen molar-refractivity contribution in [1.82, 2.24) is 5.32 Å². The lowest BCUT2D eigenvalue weighted by atomic mass is 10.2. The maximum Gasteiger partial charge on any atom is 0.419 e. The van der Waals surface area contributed by atoms with E-state index in [1.807, 2.05) is 0 Å². The number of hydrogen-bond donors (Lipinski definition) is 4. The number of aromatic hydroxyl groups is 1. The van der Waals surface area contributed by atoms with Crippen LogP contribution in [0.4, 0.5) is 13.2 Å². The van der Waals surface area contributed by atoms with Crippen molar-refractivity contribution >= 4 is 5.91 Å². The number of phenols is 1. The Hall–Kier alpha value is -2.98. The summed E-state index contributed by atoms with van der Waals surface area (Å²) in [6.45, 7) is 0.233. The number of amides is 1. The first kappa shape index (κ1) is 22.3. The number of hydrogen-bond acceptors (Lipinski definition) is 6. The first-order valence-corrected chi connectivity index (χ1v) is 8.62. The van der Waals surface area contributed by atoms with Gasteiger partial charge in [0.25, 0.3) is 5.91 Å². The van der Waals surface area contributed by atoms with Gasteiger partial charge in [-0.15, -0.1) is 0 Å². The number of para-hydroxylation sites is 1. The fourth-order valence-electron chi connectivity index (χ4n) is 2.38. The summed E-state index contributed by atoms with van der Waals surface area (Å²) in [6.07, 6.45) is -5.58. The standard InChI is InChI=1S/C19H21F3N2O5/c20-19(21,22)15-3-1-2-4-17(15)29-11-12(25)10-24-7-8-28-13-5-6-16(26)14(9-13)18(23)27/h1-6,9,12,24-26H,7-8,10-11H2,(H2,23,27). The van der Waals surface area contributed by atoms with E-state index >= 15 is 0 Å². The summed E-state index contributed by atoms with van der Waals surface area (Å²) in [7, 11) is 0. The largest absolute Gasteiger partial charge is 0.507 e. The zero-order chi connectivity index (χ0) is 21.4. The summed E-state index contributed by atoms with van der Waals surface area (Å²) in [5.41, 5.74) is 4.16. The molecule has 1 atom stereocenters. The van der Waals surface area contributed by atoms with Crippen molar-refractivity contribution in [2.24, 2.45) is 5.73 Å². The fraction of sp³-hybridized carbons (Fsp3) is 0.316. The highest BCUT2D eigenvalue weighted by Gasteiger charge is 2.34. The molecule has 1 amide bonds. The number of ether oxygens (including phenoxy) is 2. The molecule has 0 aromatic heterocycles. The van der Waals surface area contributed by atoms with Crippen LogP contribution in [0.5, 0.6) is 17.2 Å². The summed E-state index contributed by atoms with van der Waals surface area (Å²) in [4.78, 5) is 11.2. The van der Waals surface area contributed by atoms with Gasteiger partial charge in [0.15, 0.2) is 0 Å². The Bertz CT molecular complexity index is 830. The van der Waals surface area contributed by atoms with Crippen molar-refractivity contribution < 1.29 is 37.7 Å². The molecule has 0 aliphatic rings. The molecule has 0 radical (unpaired) electrons. The van der Waals surface area contributed by atoms with Crippen molar-refractivity contribution in [1.29, 1.82) is 0 Å². The fourth-order valence-corrected chi connectivity index (χ4v) is 2.38. The van der Waals surface area contributed by atoms with E-state index in [1.165, 1.54) is 36.4 Å². The molecule has 0 aliphatic heterocycles. The van der Waals surface area contributed by atoms with E-state index in [4.69, 9.17) is 15.2 Å². The lowest BCUT2D eigenvalue weighted by Gasteiger charge is -2.17. The van der Waals surface area contributed by atoms with E-state index in [9.17, 15) is 28.2 Å². The van der Waals surface area contributed by atoms with Crippen molar-refractivity contribution in [2.45, 2.75) is 12.3 Å². The van der Waals surface area contributed by atoms with Gasteiger partial charge in [0.05, 0.1) is 11.1 Å². The van der Waals surface area contributed by atoms with Gasteiger partial charge < -0.3 is 30.7 Å². The molecule has 0 spiro atoms. The van der Waals surface area contributed by atoms with Gasteiger partial charge in [-0.05, 0) is 30.3 Å². The molecule has 0 aliphatic carbocycles. The number of carbonyl (C=O) groups excluding carboxylic acids is 1. The summed E-state index contributed by atoms with van der Waals surface area (Å²) < 4.78 is 49.1. The van der Waals surface area contributed by atoms with Crippen LogP contribution >= 0.6 is 0 Å². The molecule has 1 unspecified atom stereocenters. The number of alkyl halides is 3. The van der Waals surface area contributed by atoms with Crippen molar-refractivity contribution in [3.63, 3.8) is 0 Å². The van der Waals surface area contributed by atoms with Gasteiger partial charge in [-0.25, -0.2) is 0 Å². The Morgan fingerprint density at radius 1 is 1.17 bits per heavy atom. The number of carbonyl (C=O) groups is 1. The number of aliphatic hydroxyl groups is 1. The molecular weight excluding hydrogens is 393 g/mol. The number of primary amides is 1. The molecule has 158 valence electrons. The summed E-state index contributed by atoms with van der Waals surface area (Å²) >= 11 is 0. The minimum atomic E-state index is -4.54. The predicted molar refractivity (Wildman–Crippen MR) is 97.9 cm³/mol. The smallest absolute Gasteiger partial charge is 0.419 e. The van der Waals surface area contributed by atoms with Crippen molar-refractivity contribution in [3.8, 4) is 17.2 Å². The van der Waals surface area contributed by atoms with Crippen LogP contribution in [0.1, 0.15) is 15.9 Å². The molecule has 10 heteroatoms. The van der Waals surface area contributed by atoms with Gasteiger partial charge in [-0.3, -0.25) is 4.79 Å². The third kappa shape index (κ3) is 6.84. The quantitative estimate of drug-likeness (QED) is 0.442. The average molecular weight is 414 g/mol. The molecule has 7 nitrogen and oxygen atoms in total. The molecule has 5 N–H and O–H groups in total. The van der Waals surface area contributed by atoms with Gasteiger partial charge in [0, 0.05) is 13.1 Å². The topological polar surface area (TPSA) is 114 Å². The molecule has 2 aromatic rings. The van der Waals surface area contributed by atoms with Crippen LogP contribution in [0, 0.1) is 0 Å². The monoisotopic (exact) mass is 414 g/mol. The Balaban J connectivity index is 1.71. The lowest BCUT2D eigenvalue weighted by Crippen LogP contribution is -2.33. The highest BCUT2D eigenvalue weighted by Crippen LogP contribution is 2.35. The first-order chi connectivity index (χ1) is 13.7. The molecule has 2 rings (SSSR count). The van der Waals surface area contributed by atoms with Crippen molar-refractivity contribution in [2.75, 3.05) is 26.3 Å². The maximum absolute atomic E-state index is 12.9. The van der Waals surface area contributed by atoms with E-state index in [1.54, 1.807) is 0 Å². The molecule has 0 heterocycles. The lowest BCUT2D eigenvalue weighted by molar-refractivity contribution is -0.139. The third-order valence-electron chi connectivity index (χ3n) is 3.78. The highest BCUT2D eigenvalue weighted by molar-refractivity contribution is 5.95. The Kier molecular flexibility index (Phi) is 7.68. The van der Waals surface area contributed by atoms with Crippen LogP contribution in [-0.2, 0) is 6.18 Å². The second-order valence-corrected chi connectivity index (χ2v) is 6.05. The maximum atomic E-state index is 12.9. The Morgan fingerprint density at radius 2 is 1.90 bits per heavy atom. The van der Waals surface area contributed by atoms with Crippen LogP contribution in [0.3, 0.4) is 0 Å². The van der Waals surface area contributed by atoms with Gasteiger partial charge in [0.1, 0.15) is 36.6 Å². The minimum absolute atomic E-state index is 0.0674. The minimum Gasteiger partial charge on any atom is -0.507 e. The number of nitrogens with one attached hydrogen (secondary N) is 1. The van der Waals surface area contributed by atoms with Gasteiger partial charge in [0.2, 0.25) is 0 Å². The van der Waals surface area contributed by atoms with Crippen LogP contribution in [0.2, 0.25) is 0 Å². The Labute approximate surface area is 164 Å². The van der Waals surface area contributed by atoms with Crippen molar-refractivity contribution in [3.05, 3.63) is 53.6 Å². The zero-order valence-corrected chi connectivity index (χ0v) is 15.3. The predicted octanol–water partition coefficient (Wildman–Crippen LogP) is 1.92.